The molecule has 0 spiro atoms. The lowest BCUT2D eigenvalue weighted by atomic mass is 9.95. The van der Waals surface area contributed by atoms with Crippen molar-refractivity contribution in [3.05, 3.63) is 83.0 Å². The van der Waals surface area contributed by atoms with Crippen LogP contribution < -0.4 is 5.32 Å². The van der Waals surface area contributed by atoms with Gasteiger partial charge in [0.05, 0.1) is 45.0 Å². The molecule has 1 atom stereocenters. The highest BCUT2D eigenvalue weighted by Gasteiger charge is 2.59. The van der Waals surface area contributed by atoms with Crippen LogP contribution in [0, 0.1) is 0 Å². The standard InChI is InChI=1S/C30H38N4O3Si/c1-29(2)25-23(26(33-32-25)31-28(36)30(16-17-30)38(3,4)5)18-34(29)27(35)24(22-14-10-7-11-15-22)20-37-19-21-12-8-6-9-13-21/h6-15,24H,16-20H2,1-5H3,(H2,31,32,33,36)/t24-/m1/s1. The molecule has 8 heteroatoms. The number of amides is 2. The van der Waals surface area contributed by atoms with E-state index >= 15 is 0 Å². The summed E-state index contributed by atoms with van der Waals surface area (Å²) >= 11 is 0. The molecule has 1 fully saturated rings. The summed E-state index contributed by atoms with van der Waals surface area (Å²) in [6.45, 7) is 11.9. The second-order valence-corrected chi connectivity index (χ2v) is 17.6. The SMILES string of the molecule is CC1(C)c2[nH]nc(NC(=O)C3([Si](C)(C)C)CC3)c2CN1C(=O)[C@H](COCc1ccccc1)c1ccccc1. The Morgan fingerprint density at radius 3 is 2.29 bits per heavy atom. The number of fused-ring (bicyclic) bond motifs is 1. The maximum Gasteiger partial charge on any atom is 0.233 e. The Hall–Kier alpha value is -3.23. The van der Waals surface area contributed by atoms with E-state index in [-0.39, 0.29) is 23.5 Å². The van der Waals surface area contributed by atoms with E-state index < -0.39 is 19.5 Å². The van der Waals surface area contributed by atoms with Crippen LogP contribution >= 0.6 is 0 Å². The molecule has 2 N–H and O–H groups in total. The molecule has 1 aliphatic heterocycles. The van der Waals surface area contributed by atoms with Crippen molar-refractivity contribution < 1.29 is 14.3 Å². The van der Waals surface area contributed by atoms with Crippen molar-refractivity contribution in [3.63, 3.8) is 0 Å². The molecule has 38 heavy (non-hydrogen) atoms. The van der Waals surface area contributed by atoms with Gasteiger partial charge in [0.25, 0.3) is 0 Å². The molecule has 2 heterocycles. The van der Waals surface area contributed by atoms with Crippen LogP contribution in [0.4, 0.5) is 5.82 Å². The van der Waals surface area contributed by atoms with Gasteiger partial charge in [0.15, 0.2) is 5.82 Å². The average Bonchev–Trinajstić information content (AvgIpc) is 3.56. The summed E-state index contributed by atoms with van der Waals surface area (Å²) in [6, 6.07) is 19.8. The van der Waals surface area contributed by atoms with Gasteiger partial charge in [0.2, 0.25) is 11.8 Å². The largest absolute Gasteiger partial charge is 0.376 e. The zero-order valence-corrected chi connectivity index (χ0v) is 24.0. The van der Waals surface area contributed by atoms with Gasteiger partial charge < -0.3 is 15.0 Å². The fourth-order valence-corrected chi connectivity index (χ4v) is 8.06. The topological polar surface area (TPSA) is 87.3 Å². The molecule has 2 aromatic carbocycles. The maximum absolute atomic E-state index is 14.1. The molecule has 0 bridgehead atoms. The van der Waals surface area contributed by atoms with Crippen LogP contribution in [0.25, 0.3) is 0 Å². The quantitative estimate of drug-likeness (QED) is 0.342. The molecular formula is C30H38N4O3Si. The normalized spacial score (nSPS) is 18.1. The van der Waals surface area contributed by atoms with Crippen molar-refractivity contribution in [3.8, 4) is 0 Å². The first-order valence-electron chi connectivity index (χ1n) is 13.4. The number of carbonyl (C=O) groups is 2. The van der Waals surface area contributed by atoms with Crippen LogP contribution in [0.5, 0.6) is 0 Å². The summed E-state index contributed by atoms with van der Waals surface area (Å²) in [5, 5.41) is 10.5. The molecule has 3 aromatic rings. The Kier molecular flexibility index (Phi) is 6.82. The van der Waals surface area contributed by atoms with Gasteiger partial charge in [-0.1, -0.05) is 80.3 Å². The van der Waals surface area contributed by atoms with Gasteiger partial charge in [-0.2, -0.15) is 5.10 Å². The molecular weight excluding hydrogens is 492 g/mol. The predicted octanol–water partition coefficient (Wildman–Crippen LogP) is 5.80. The highest BCUT2D eigenvalue weighted by Crippen LogP contribution is 2.61. The number of benzene rings is 2. The number of carbonyl (C=O) groups excluding carboxylic acids is 2. The molecule has 1 aliphatic carbocycles. The maximum atomic E-state index is 14.1. The Morgan fingerprint density at radius 2 is 1.68 bits per heavy atom. The van der Waals surface area contributed by atoms with E-state index in [0.29, 0.717) is 19.0 Å². The van der Waals surface area contributed by atoms with Crippen molar-refractivity contribution in [2.24, 2.45) is 0 Å². The lowest BCUT2D eigenvalue weighted by Crippen LogP contribution is -2.44. The number of anilines is 1. The van der Waals surface area contributed by atoms with Gasteiger partial charge in [-0.15, -0.1) is 0 Å². The zero-order chi connectivity index (χ0) is 27.1. The monoisotopic (exact) mass is 530 g/mol. The molecule has 5 rings (SSSR count). The molecule has 0 radical (unpaired) electrons. The van der Waals surface area contributed by atoms with Gasteiger partial charge in [-0.3, -0.25) is 14.7 Å². The molecule has 0 saturated heterocycles. The number of hydrogen-bond donors (Lipinski definition) is 2. The number of ether oxygens (including phenoxy) is 1. The zero-order valence-electron chi connectivity index (χ0n) is 23.0. The minimum atomic E-state index is -1.67. The van der Waals surface area contributed by atoms with Gasteiger partial charge in [0, 0.05) is 10.6 Å². The Balaban J connectivity index is 1.35. The van der Waals surface area contributed by atoms with E-state index in [1.165, 1.54) is 0 Å². The summed E-state index contributed by atoms with van der Waals surface area (Å²) in [5.41, 5.74) is 3.15. The molecule has 200 valence electrons. The van der Waals surface area contributed by atoms with Crippen LogP contribution in [0.2, 0.25) is 24.7 Å². The van der Waals surface area contributed by atoms with E-state index in [1.54, 1.807) is 0 Å². The van der Waals surface area contributed by atoms with E-state index in [4.69, 9.17) is 4.74 Å². The van der Waals surface area contributed by atoms with E-state index in [9.17, 15) is 9.59 Å². The molecule has 2 aliphatic rings. The average molecular weight is 531 g/mol. The highest BCUT2D eigenvalue weighted by atomic mass is 28.3. The van der Waals surface area contributed by atoms with Crippen LogP contribution in [0.15, 0.2) is 60.7 Å². The third kappa shape index (κ3) is 4.71. The molecule has 1 saturated carbocycles. The number of H-pyrrole nitrogens is 1. The first-order chi connectivity index (χ1) is 18.0. The van der Waals surface area contributed by atoms with Crippen molar-refractivity contribution in [2.45, 2.75) is 76.0 Å². The van der Waals surface area contributed by atoms with Crippen LogP contribution in [-0.2, 0) is 33.0 Å². The third-order valence-corrected chi connectivity index (χ3v) is 12.1. The summed E-state index contributed by atoms with van der Waals surface area (Å²) in [4.78, 5) is 29.3. The van der Waals surface area contributed by atoms with Gasteiger partial charge in [-0.25, -0.2) is 0 Å². The summed E-state index contributed by atoms with van der Waals surface area (Å²) in [6.07, 6.45) is 1.89. The van der Waals surface area contributed by atoms with Crippen LogP contribution in [-0.4, -0.2) is 41.6 Å². The minimum absolute atomic E-state index is 0.00287. The number of nitrogens with one attached hydrogen (secondary N) is 2. The predicted molar refractivity (Wildman–Crippen MR) is 151 cm³/mol. The lowest BCUT2D eigenvalue weighted by molar-refractivity contribution is -0.140. The van der Waals surface area contributed by atoms with Gasteiger partial charge >= 0.3 is 0 Å². The fourth-order valence-electron chi connectivity index (χ4n) is 5.69. The van der Waals surface area contributed by atoms with E-state index in [0.717, 1.165) is 35.2 Å². The lowest BCUT2D eigenvalue weighted by Gasteiger charge is -2.34. The Bertz CT molecular complexity index is 1310. The first-order valence-corrected chi connectivity index (χ1v) is 16.9. The first kappa shape index (κ1) is 26.4. The number of aromatic nitrogens is 2. The number of aromatic amines is 1. The van der Waals surface area contributed by atoms with Crippen LogP contribution in [0.3, 0.4) is 0 Å². The van der Waals surface area contributed by atoms with Crippen molar-refractivity contribution in [2.75, 3.05) is 11.9 Å². The van der Waals surface area contributed by atoms with Crippen molar-refractivity contribution in [1.82, 2.24) is 15.1 Å². The summed E-state index contributed by atoms with van der Waals surface area (Å²) in [7, 11) is -1.67. The van der Waals surface area contributed by atoms with Gasteiger partial charge in [0.1, 0.15) is 0 Å². The molecule has 0 unspecified atom stereocenters. The highest BCUT2D eigenvalue weighted by molar-refractivity contribution is 6.83. The molecule has 7 nitrogen and oxygen atoms in total. The summed E-state index contributed by atoms with van der Waals surface area (Å²) < 4.78 is 6.08. The van der Waals surface area contributed by atoms with Crippen molar-refractivity contribution in [1.29, 1.82) is 0 Å². The Morgan fingerprint density at radius 1 is 1.05 bits per heavy atom. The fraction of sp³-hybridized carbons (Fsp3) is 0.433. The van der Waals surface area contributed by atoms with E-state index in [1.807, 2.05) is 79.4 Å². The van der Waals surface area contributed by atoms with E-state index in [2.05, 4.69) is 35.2 Å². The minimum Gasteiger partial charge on any atom is -0.376 e. The smallest absolute Gasteiger partial charge is 0.233 e. The number of hydrogen-bond acceptors (Lipinski definition) is 4. The van der Waals surface area contributed by atoms with Crippen LogP contribution in [0.1, 0.15) is 55.0 Å². The van der Waals surface area contributed by atoms with Crippen molar-refractivity contribution >= 4 is 25.7 Å². The third-order valence-electron chi connectivity index (χ3n) is 8.48. The summed E-state index contributed by atoms with van der Waals surface area (Å²) in [5.74, 6) is 0.173. The second kappa shape index (κ2) is 9.82. The number of nitrogens with zero attached hydrogens (tertiary/aromatic N) is 2. The van der Waals surface area contributed by atoms with Gasteiger partial charge in [-0.05, 0) is 37.8 Å². The second-order valence-electron chi connectivity index (χ2n) is 12.2. The number of rotatable bonds is 9. The Labute approximate surface area is 226 Å². The molecule has 2 amide bonds. The molecule has 1 aromatic heterocycles.